The van der Waals surface area contributed by atoms with Crippen molar-refractivity contribution in [1.29, 1.82) is 0 Å². The first-order valence-electron chi connectivity index (χ1n) is 7.18. The molecule has 2 rings (SSSR count). The third-order valence-electron chi connectivity index (χ3n) is 3.54. The molecule has 1 aliphatic heterocycles. The van der Waals surface area contributed by atoms with Crippen LogP contribution in [-0.4, -0.2) is 35.6 Å². The Kier molecular flexibility index (Phi) is 4.63. The number of halogens is 1. The number of ether oxygens (including phenoxy) is 1. The van der Waals surface area contributed by atoms with Gasteiger partial charge in [0.25, 0.3) is 5.91 Å². The molecule has 0 aromatic heterocycles. The lowest BCUT2D eigenvalue weighted by molar-refractivity contribution is -0.132. The maximum absolute atomic E-state index is 12.7. The zero-order valence-corrected chi connectivity index (χ0v) is 14.9. The molecule has 1 fully saturated rings. The molecule has 1 atom stereocenters. The van der Waals surface area contributed by atoms with Crippen LogP contribution in [0.15, 0.2) is 28.7 Å². The number of nitrogens with one attached hydrogen (secondary N) is 1. The Labute approximate surface area is 139 Å². The quantitative estimate of drug-likeness (QED) is 0.830. The Bertz CT molecular complexity index is 597. The van der Waals surface area contributed by atoms with Crippen LogP contribution < -0.4 is 5.32 Å². The molecule has 6 heteroatoms. The predicted octanol–water partition coefficient (Wildman–Crippen LogP) is 3.03. The molecule has 0 spiro atoms. The standard InChI is InChI=1S/C16H21BrN2O3/c1-15(2,3)22-10-9-19-13(20)16(4,18-14(19)21)11-7-5-6-8-12(11)17/h5-8H,9-10H2,1-4H3,(H,18,21)/t16-/m1/s1. The Balaban J connectivity index is 2.16. The lowest BCUT2D eigenvalue weighted by Crippen LogP contribution is -2.41. The molecule has 120 valence electrons. The Hall–Kier alpha value is -1.40. The van der Waals surface area contributed by atoms with Crippen molar-refractivity contribution in [3.05, 3.63) is 34.3 Å². The number of carbonyl (C=O) groups excluding carboxylic acids is 2. The first-order chi connectivity index (χ1) is 10.1. The zero-order chi connectivity index (χ0) is 16.5. The molecule has 5 nitrogen and oxygen atoms in total. The minimum absolute atomic E-state index is 0.238. The summed E-state index contributed by atoms with van der Waals surface area (Å²) in [5, 5.41) is 2.79. The summed E-state index contributed by atoms with van der Waals surface area (Å²) in [6.45, 7) is 8.08. The zero-order valence-electron chi connectivity index (χ0n) is 13.3. The summed E-state index contributed by atoms with van der Waals surface area (Å²) >= 11 is 3.44. The number of amides is 3. The van der Waals surface area contributed by atoms with E-state index in [1.165, 1.54) is 4.90 Å². The van der Waals surface area contributed by atoms with Crippen LogP contribution in [0.1, 0.15) is 33.3 Å². The molecule has 1 aromatic carbocycles. The average Bonchev–Trinajstić information content (AvgIpc) is 2.62. The van der Waals surface area contributed by atoms with E-state index in [1.54, 1.807) is 6.92 Å². The van der Waals surface area contributed by atoms with Gasteiger partial charge in [-0.15, -0.1) is 0 Å². The van der Waals surface area contributed by atoms with Gasteiger partial charge >= 0.3 is 6.03 Å². The SMILES string of the molecule is CC(C)(C)OCCN1C(=O)N[C@](C)(c2ccccc2Br)C1=O. The molecule has 1 aromatic rings. The van der Waals surface area contributed by atoms with Crippen LogP contribution in [0.2, 0.25) is 0 Å². The van der Waals surface area contributed by atoms with E-state index in [1.807, 2.05) is 45.0 Å². The van der Waals surface area contributed by atoms with Gasteiger partial charge in [-0.05, 0) is 33.8 Å². The van der Waals surface area contributed by atoms with Gasteiger partial charge in [-0.25, -0.2) is 4.79 Å². The summed E-state index contributed by atoms with van der Waals surface area (Å²) in [6, 6.07) is 7.01. The second kappa shape index (κ2) is 6.01. The fourth-order valence-electron chi connectivity index (χ4n) is 2.39. The highest BCUT2D eigenvalue weighted by Gasteiger charge is 2.49. The van der Waals surface area contributed by atoms with Crippen LogP contribution in [0.4, 0.5) is 4.79 Å². The fraction of sp³-hybridized carbons (Fsp3) is 0.500. The van der Waals surface area contributed by atoms with Crippen molar-refractivity contribution in [2.24, 2.45) is 0 Å². The molecule has 0 unspecified atom stereocenters. The Morgan fingerprint density at radius 1 is 1.27 bits per heavy atom. The van der Waals surface area contributed by atoms with Crippen LogP contribution in [-0.2, 0) is 15.1 Å². The van der Waals surface area contributed by atoms with E-state index >= 15 is 0 Å². The maximum atomic E-state index is 12.7. The van der Waals surface area contributed by atoms with E-state index in [9.17, 15) is 9.59 Å². The Morgan fingerprint density at radius 3 is 2.50 bits per heavy atom. The molecule has 0 saturated carbocycles. The molecule has 22 heavy (non-hydrogen) atoms. The van der Waals surface area contributed by atoms with E-state index in [4.69, 9.17) is 4.74 Å². The highest BCUT2D eigenvalue weighted by molar-refractivity contribution is 9.10. The minimum Gasteiger partial charge on any atom is -0.374 e. The number of benzene rings is 1. The lowest BCUT2D eigenvalue weighted by atomic mass is 9.92. The summed E-state index contributed by atoms with van der Waals surface area (Å²) in [5.74, 6) is -0.262. The molecule has 1 N–H and O–H groups in total. The van der Waals surface area contributed by atoms with E-state index < -0.39 is 5.54 Å². The monoisotopic (exact) mass is 368 g/mol. The third-order valence-corrected chi connectivity index (χ3v) is 4.23. The second-order valence-corrected chi connectivity index (χ2v) is 7.31. The van der Waals surface area contributed by atoms with Crippen LogP contribution in [0.25, 0.3) is 0 Å². The van der Waals surface area contributed by atoms with Gasteiger partial charge in [0, 0.05) is 10.0 Å². The topological polar surface area (TPSA) is 58.6 Å². The van der Waals surface area contributed by atoms with E-state index in [2.05, 4.69) is 21.2 Å². The number of hydrogen-bond donors (Lipinski definition) is 1. The van der Waals surface area contributed by atoms with Gasteiger partial charge in [0.15, 0.2) is 0 Å². The number of nitrogens with zero attached hydrogens (tertiary/aromatic N) is 1. The predicted molar refractivity (Wildman–Crippen MR) is 87.4 cm³/mol. The van der Waals surface area contributed by atoms with Crippen molar-refractivity contribution in [2.75, 3.05) is 13.2 Å². The van der Waals surface area contributed by atoms with E-state index in [0.29, 0.717) is 6.61 Å². The Morgan fingerprint density at radius 2 is 1.91 bits per heavy atom. The molecule has 1 heterocycles. The van der Waals surface area contributed by atoms with Gasteiger partial charge < -0.3 is 10.1 Å². The highest BCUT2D eigenvalue weighted by atomic mass is 79.9. The fourth-order valence-corrected chi connectivity index (χ4v) is 3.07. The number of carbonyl (C=O) groups is 2. The minimum atomic E-state index is -1.06. The van der Waals surface area contributed by atoms with Crippen molar-refractivity contribution >= 4 is 27.9 Å². The van der Waals surface area contributed by atoms with Crippen LogP contribution in [0, 0.1) is 0 Å². The first-order valence-corrected chi connectivity index (χ1v) is 7.97. The summed E-state index contributed by atoms with van der Waals surface area (Å²) in [7, 11) is 0. The molecule has 0 bridgehead atoms. The molecule has 3 amide bonds. The smallest absolute Gasteiger partial charge is 0.325 e. The van der Waals surface area contributed by atoms with Gasteiger partial charge in [-0.3, -0.25) is 9.69 Å². The van der Waals surface area contributed by atoms with Crippen LogP contribution in [0.5, 0.6) is 0 Å². The molecule has 1 aliphatic rings. The second-order valence-electron chi connectivity index (χ2n) is 6.45. The molecule has 0 aliphatic carbocycles. The summed E-state index contributed by atoms with van der Waals surface area (Å²) < 4.78 is 6.39. The third kappa shape index (κ3) is 3.33. The number of rotatable bonds is 4. The summed E-state index contributed by atoms with van der Waals surface area (Å²) in [4.78, 5) is 26.1. The van der Waals surface area contributed by atoms with Gasteiger partial charge in [-0.2, -0.15) is 0 Å². The first kappa shape index (κ1) is 17.0. The van der Waals surface area contributed by atoms with E-state index in [0.717, 1.165) is 10.0 Å². The highest BCUT2D eigenvalue weighted by Crippen LogP contribution is 2.33. The molecule has 0 radical (unpaired) electrons. The summed E-state index contributed by atoms with van der Waals surface area (Å²) in [5.41, 5.74) is -0.614. The largest absolute Gasteiger partial charge is 0.374 e. The number of imide groups is 1. The number of urea groups is 1. The molecule has 1 saturated heterocycles. The van der Waals surface area contributed by atoms with Crippen molar-refractivity contribution in [1.82, 2.24) is 10.2 Å². The van der Waals surface area contributed by atoms with E-state index in [-0.39, 0.29) is 24.1 Å². The van der Waals surface area contributed by atoms with Gasteiger partial charge in [0.1, 0.15) is 5.54 Å². The lowest BCUT2D eigenvalue weighted by Gasteiger charge is -2.24. The van der Waals surface area contributed by atoms with Crippen LogP contribution >= 0.6 is 15.9 Å². The van der Waals surface area contributed by atoms with Gasteiger partial charge in [0.2, 0.25) is 0 Å². The van der Waals surface area contributed by atoms with Crippen molar-refractivity contribution in [2.45, 2.75) is 38.8 Å². The summed E-state index contributed by atoms with van der Waals surface area (Å²) in [6.07, 6.45) is 0. The van der Waals surface area contributed by atoms with Gasteiger partial charge in [0.05, 0.1) is 18.8 Å². The maximum Gasteiger partial charge on any atom is 0.325 e. The average molecular weight is 369 g/mol. The number of hydrogen-bond acceptors (Lipinski definition) is 3. The molecular formula is C16H21BrN2O3. The van der Waals surface area contributed by atoms with Crippen molar-refractivity contribution in [3.63, 3.8) is 0 Å². The molecular weight excluding hydrogens is 348 g/mol. The van der Waals surface area contributed by atoms with Crippen molar-refractivity contribution < 1.29 is 14.3 Å². The normalized spacial score (nSPS) is 22.1. The van der Waals surface area contributed by atoms with Gasteiger partial charge in [-0.1, -0.05) is 34.1 Å². The van der Waals surface area contributed by atoms with Crippen molar-refractivity contribution in [3.8, 4) is 0 Å². The van der Waals surface area contributed by atoms with Crippen LogP contribution in [0.3, 0.4) is 0 Å².